The third-order valence-corrected chi connectivity index (χ3v) is 3.96. The molecule has 0 N–H and O–H groups in total. The van der Waals surface area contributed by atoms with E-state index in [1.807, 2.05) is 0 Å². The molecule has 1 aromatic carbocycles. The van der Waals surface area contributed by atoms with E-state index < -0.39 is 23.3 Å². The van der Waals surface area contributed by atoms with E-state index in [0.29, 0.717) is 20.8 Å². The lowest BCUT2D eigenvalue weighted by Gasteiger charge is -2.08. The van der Waals surface area contributed by atoms with Crippen molar-refractivity contribution in [1.29, 1.82) is 0 Å². The second kappa shape index (κ2) is 5.05. The maximum Gasteiger partial charge on any atom is 0.419 e. The van der Waals surface area contributed by atoms with Gasteiger partial charge in [0.2, 0.25) is 5.78 Å². The molecule has 0 spiro atoms. The Bertz CT molecular complexity index is 633. The largest absolute Gasteiger partial charge is 0.419 e. The summed E-state index contributed by atoms with van der Waals surface area (Å²) < 4.78 is 51.2. The van der Waals surface area contributed by atoms with Crippen LogP contribution in [0.1, 0.15) is 20.8 Å². The van der Waals surface area contributed by atoms with E-state index in [9.17, 15) is 22.4 Å². The van der Waals surface area contributed by atoms with Crippen molar-refractivity contribution in [1.82, 2.24) is 0 Å². The van der Waals surface area contributed by atoms with Gasteiger partial charge in [0.1, 0.15) is 5.82 Å². The zero-order chi connectivity index (χ0) is 14.2. The molecule has 0 aliphatic rings. The van der Waals surface area contributed by atoms with E-state index in [1.165, 1.54) is 6.07 Å². The summed E-state index contributed by atoms with van der Waals surface area (Å²) in [7, 11) is 0. The summed E-state index contributed by atoms with van der Waals surface area (Å²) in [5.74, 6) is -1.96. The first-order valence-corrected chi connectivity index (χ1v) is 6.57. The SMILES string of the molecule is O=C(c1ccc(C(F)(F)F)c(F)c1)c1ccc(Br)s1. The van der Waals surface area contributed by atoms with Crippen molar-refractivity contribution in [2.75, 3.05) is 0 Å². The van der Waals surface area contributed by atoms with Crippen molar-refractivity contribution < 1.29 is 22.4 Å². The number of benzene rings is 1. The number of halogens is 5. The van der Waals surface area contributed by atoms with Gasteiger partial charge in [-0.2, -0.15) is 13.2 Å². The fourth-order valence-electron chi connectivity index (χ4n) is 1.46. The van der Waals surface area contributed by atoms with Crippen LogP contribution in [0.3, 0.4) is 0 Å². The Morgan fingerprint density at radius 3 is 2.32 bits per heavy atom. The minimum atomic E-state index is -4.77. The lowest BCUT2D eigenvalue weighted by Crippen LogP contribution is -2.09. The molecule has 0 aliphatic carbocycles. The Balaban J connectivity index is 2.38. The summed E-state index contributed by atoms with van der Waals surface area (Å²) in [4.78, 5) is 12.2. The molecule has 0 saturated heterocycles. The van der Waals surface area contributed by atoms with E-state index in [4.69, 9.17) is 0 Å². The van der Waals surface area contributed by atoms with Crippen LogP contribution < -0.4 is 0 Å². The standard InChI is InChI=1S/C12H5BrF4OS/c13-10-4-3-9(19-10)11(18)6-1-2-7(8(14)5-6)12(15,16)17/h1-5H. The van der Waals surface area contributed by atoms with E-state index in [1.54, 1.807) is 6.07 Å². The highest BCUT2D eigenvalue weighted by Gasteiger charge is 2.34. The van der Waals surface area contributed by atoms with Crippen LogP contribution in [-0.4, -0.2) is 5.78 Å². The molecule has 0 unspecified atom stereocenters. The zero-order valence-corrected chi connectivity index (χ0v) is 11.5. The minimum absolute atomic E-state index is 0.111. The topological polar surface area (TPSA) is 17.1 Å². The van der Waals surface area contributed by atoms with Gasteiger partial charge in [0.15, 0.2) is 0 Å². The van der Waals surface area contributed by atoms with E-state index >= 15 is 0 Å². The first-order chi connectivity index (χ1) is 8.79. The smallest absolute Gasteiger partial charge is 0.288 e. The number of hydrogen-bond acceptors (Lipinski definition) is 2. The van der Waals surface area contributed by atoms with Gasteiger partial charge in [0.25, 0.3) is 0 Å². The van der Waals surface area contributed by atoms with Crippen LogP contribution in [0.25, 0.3) is 0 Å². The average Bonchev–Trinajstić information content (AvgIpc) is 2.73. The highest BCUT2D eigenvalue weighted by Crippen LogP contribution is 2.32. The normalized spacial score (nSPS) is 11.6. The Kier molecular flexibility index (Phi) is 3.78. The summed E-state index contributed by atoms with van der Waals surface area (Å²) in [5.41, 5.74) is -1.49. The molecular weight excluding hydrogens is 348 g/mol. The van der Waals surface area contributed by atoms with Gasteiger partial charge in [-0.25, -0.2) is 4.39 Å². The summed E-state index contributed by atoms with van der Waals surface area (Å²) >= 11 is 4.30. The van der Waals surface area contributed by atoms with Crippen molar-refractivity contribution >= 4 is 33.0 Å². The number of alkyl halides is 3. The van der Waals surface area contributed by atoms with Gasteiger partial charge < -0.3 is 0 Å². The van der Waals surface area contributed by atoms with Gasteiger partial charge in [-0.3, -0.25) is 4.79 Å². The number of thiophene rings is 1. The Labute approximate surface area is 118 Å². The van der Waals surface area contributed by atoms with Gasteiger partial charge in [-0.15, -0.1) is 11.3 Å². The summed E-state index contributed by atoms with van der Waals surface area (Å²) in [5, 5.41) is 0. The lowest BCUT2D eigenvalue weighted by atomic mass is 10.1. The predicted molar refractivity (Wildman–Crippen MR) is 66.9 cm³/mol. The number of carbonyl (C=O) groups is 1. The summed E-state index contributed by atoms with van der Waals surface area (Å²) in [6.07, 6.45) is -4.77. The average molecular weight is 353 g/mol. The molecule has 19 heavy (non-hydrogen) atoms. The fourth-order valence-corrected chi connectivity index (χ4v) is 2.81. The number of ketones is 1. The third kappa shape index (κ3) is 3.03. The quantitative estimate of drug-likeness (QED) is 0.555. The molecule has 0 amide bonds. The van der Waals surface area contributed by atoms with Gasteiger partial charge in [0, 0.05) is 5.56 Å². The molecule has 2 rings (SSSR count). The van der Waals surface area contributed by atoms with Crippen LogP contribution in [-0.2, 0) is 6.18 Å². The summed E-state index contributed by atoms with van der Waals surface area (Å²) in [6.45, 7) is 0. The lowest BCUT2D eigenvalue weighted by molar-refractivity contribution is -0.140. The second-order valence-corrected chi connectivity index (χ2v) is 6.09. The molecule has 0 radical (unpaired) electrons. The molecule has 1 nitrogen and oxygen atoms in total. The molecule has 0 aliphatic heterocycles. The maximum atomic E-state index is 13.3. The maximum absolute atomic E-state index is 13.3. The second-order valence-electron chi connectivity index (χ2n) is 3.63. The molecule has 1 heterocycles. The molecule has 7 heteroatoms. The molecule has 0 bridgehead atoms. The number of hydrogen-bond donors (Lipinski definition) is 0. The molecule has 100 valence electrons. The molecule has 0 fully saturated rings. The van der Waals surface area contributed by atoms with Crippen molar-refractivity contribution in [2.24, 2.45) is 0 Å². The first kappa shape index (κ1) is 14.2. The van der Waals surface area contributed by atoms with Crippen LogP contribution >= 0.6 is 27.3 Å². The van der Waals surface area contributed by atoms with Crippen molar-refractivity contribution in [2.45, 2.75) is 6.18 Å². The van der Waals surface area contributed by atoms with Crippen molar-refractivity contribution in [3.05, 3.63) is 55.9 Å². The van der Waals surface area contributed by atoms with Crippen LogP contribution in [0, 0.1) is 5.82 Å². The van der Waals surface area contributed by atoms with Gasteiger partial charge in [0.05, 0.1) is 14.2 Å². The van der Waals surface area contributed by atoms with E-state index in [0.717, 1.165) is 17.4 Å². The first-order valence-electron chi connectivity index (χ1n) is 4.96. The van der Waals surface area contributed by atoms with Crippen LogP contribution in [0.2, 0.25) is 0 Å². The predicted octanol–water partition coefficient (Wildman–Crippen LogP) is 4.90. The Morgan fingerprint density at radius 2 is 1.84 bits per heavy atom. The van der Waals surface area contributed by atoms with Crippen molar-refractivity contribution in [3.63, 3.8) is 0 Å². The monoisotopic (exact) mass is 352 g/mol. The highest BCUT2D eigenvalue weighted by molar-refractivity contribution is 9.11. The molecule has 0 atom stereocenters. The molecular formula is C12H5BrF4OS. The van der Waals surface area contributed by atoms with E-state index in [-0.39, 0.29) is 5.56 Å². The van der Waals surface area contributed by atoms with Crippen LogP contribution in [0.4, 0.5) is 17.6 Å². The van der Waals surface area contributed by atoms with Gasteiger partial charge in [-0.1, -0.05) is 6.07 Å². The fraction of sp³-hybridized carbons (Fsp3) is 0.0833. The zero-order valence-electron chi connectivity index (χ0n) is 9.09. The Hall–Kier alpha value is -1.21. The molecule has 1 aromatic heterocycles. The third-order valence-electron chi connectivity index (χ3n) is 2.33. The molecule has 0 saturated carbocycles. The van der Waals surface area contributed by atoms with Gasteiger partial charge in [-0.05, 0) is 40.2 Å². The Morgan fingerprint density at radius 1 is 1.16 bits per heavy atom. The number of rotatable bonds is 2. The minimum Gasteiger partial charge on any atom is -0.288 e. The molecule has 2 aromatic rings. The van der Waals surface area contributed by atoms with Crippen LogP contribution in [0.15, 0.2) is 34.1 Å². The van der Waals surface area contributed by atoms with E-state index in [2.05, 4.69) is 15.9 Å². The van der Waals surface area contributed by atoms with Gasteiger partial charge >= 0.3 is 6.18 Å². The van der Waals surface area contributed by atoms with Crippen molar-refractivity contribution in [3.8, 4) is 0 Å². The number of carbonyl (C=O) groups excluding carboxylic acids is 1. The summed E-state index contributed by atoms with van der Waals surface area (Å²) in [6, 6.07) is 5.32. The highest BCUT2D eigenvalue weighted by atomic mass is 79.9. The van der Waals surface area contributed by atoms with Crippen LogP contribution in [0.5, 0.6) is 0 Å².